The fourth-order valence-corrected chi connectivity index (χ4v) is 3.86. The summed E-state index contributed by atoms with van der Waals surface area (Å²) in [6, 6.07) is 0. The van der Waals surface area contributed by atoms with Gasteiger partial charge in [-0.3, -0.25) is 4.55 Å². The van der Waals surface area contributed by atoms with Gasteiger partial charge in [0.2, 0.25) is 10.0 Å². The Morgan fingerprint density at radius 2 is 1.19 bits per heavy atom. The van der Waals surface area contributed by atoms with Crippen LogP contribution in [0.1, 0.15) is 27.7 Å². The first-order valence-corrected chi connectivity index (χ1v) is 7.46. The molecule has 0 atom stereocenters. The van der Waals surface area contributed by atoms with Crippen molar-refractivity contribution in [1.29, 1.82) is 0 Å². The van der Waals surface area contributed by atoms with E-state index in [9.17, 15) is 16.8 Å². The molecule has 0 fully saturated rings. The normalized spacial score (nSPS) is 15.5. The zero-order chi connectivity index (χ0) is 13.6. The highest BCUT2D eigenvalue weighted by Gasteiger charge is 2.55. The molecule has 0 aromatic heterocycles. The van der Waals surface area contributed by atoms with Crippen LogP contribution in [0.3, 0.4) is 0 Å². The molecule has 0 radical (unpaired) electrons. The van der Waals surface area contributed by atoms with Crippen molar-refractivity contribution in [2.45, 2.75) is 37.2 Å². The summed E-state index contributed by atoms with van der Waals surface area (Å²) in [6.07, 6.45) is 0. The van der Waals surface area contributed by atoms with Crippen LogP contribution in [-0.4, -0.2) is 49.3 Å². The number of hydrogen-bond acceptors (Lipinski definition) is 4. The molecule has 0 aliphatic carbocycles. The average Bonchev–Trinajstić information content (AvgIpc) is 2.00. The molecule has 16 heavy (non-hydrogen) atoms. The molecule has 0 saturated carbocycles. The summed E-state index contributed by atoms with van der Waals surface area (Å²) in [7, 11) is -5.67. The van der Waals surface area contributed by atoms with Crippen LogP contribution in [0.5, 0.6) is 0 Å². The Morgan fingerprint density at radius 1 is 0.875 bits per heavy atom. The van der Waals surface area contributed by atoms with E-state index in [-0.39, 0.29) is 0 Å². The van der Waals surface area contributed by atoms with E-state index in [1.807, 2.05) is 0 Å². The van der Waals surface area contributed by atoms with Gasteiger partial charge in [0, 0.05) is 14.1 Å². The van der Waals surface area contributed by atoms with E-state index in [1.165, 1.54) is 41.8 Å². The highest BCUT2D eigenvalue weighted by atomic mass is 32.2. The lowest BCUT2D eigenvalue weighted by molar-refractivity contribution is 0.383. The molecule has 1 N–H and O–H groups in total. The minimum Gasteiger partial charge on any atom is -0.285 e. The van der Waals surface area contributed by atoms with Gasteiger partial charge in [-0.1, -0.05) is 0 Å². The molecule has 0 aromatic carbocycles. The highest BCUT2D eigenvalue weighted by molar-refractivity contribution is 7.93. The maximum Gasteiger partial charge on any atom is 0.271 e. The second kappa shape index (κ2) is 3.94. The van der Waals surface area contributed by atoms with Crippen molar-refractivity contribution in [1.82, 2.24) is 4.31 Å². The van der Waals surface area contributed by atoms with Gasteiger partial charge in [-0.05, 0) is 27.7 Å². The maximum atomic E-state index is 12.0. The Labute approximate surface area is 97.4 Å². The Bertz CT molecular complexity index is 459. The fraction of sp³-hybridized carbons (Fsp3) is 1.00. The van der Waals surface area contributed by atoms with Crippen LogP contribution in [0.2, 0.25) is 0 Å². The summed E-state index contributed by atoms with van der Waals surface area (Å²) in [4.78, 5) is 0. The van der Waals surface area contributed by atoms with Crippen LogP contribution >= 0.6 is 0 Å². The molecule has 0 bridgehead atoms. The monoisotopic (exact) mass is 273 g/mol. The molecule has 0 aliphatic rings. The minimum absolute atomic E-state index is 0.944. The zero-order valence-electron chi connectivity index (χ0n) is 10.3. The Balaban J connectivity index is 5.94. The van der Waals surface area contributed by atoms with Crippen molar-refractivity contribution >= 4 is 20.1 Å². The van der Waals surface area contributed by atoms with Gasteiger partial charge >= 0.3 is 0 Å². The molecule has 6 nitrogen and oxygen atoms in total. The summed E-state index contributed by atoms with van der Waals surface area (Å²) >= 11 is 0. The smallest absolute Gasteiger partial charge is 0.271 e. The Kier molecular flexibility index (Phi) is 3.89. The van der Waals surface area contributed by atoms with Crippen LogP contribution in [0, 0.1) is 0 Å². The maximum absolute atomic E-state index is 12.0. The first kappa shape index (κ1) is 15.8. The molecular weight excluding hydrogens is 254 g/mol. The molecular formula is C8H19NO5S2. The number of rotatable bonds is 4. The van der Waals surface area contributed by atoms with Crippen molar-refractivity contribution in [3.8, 4) is 0 Å². The zero-order valence-corrected chi connectivity index (χ0v) is 12.0. The average molecular weight is 273 g/mol. The van der Waals surface area contributed by atoms with Gasteiger partial charge < -0.3 is 0 Å². The van der Waals surface area contributed by atoms with Gasteiger partial charge in [-0.15, -0.1) is 0 Å². The minimum atomic E-state index is -4.48. The van der Waals surface area contributed by atoms with Gasteiger partial charge in [0.05, 0.1) is 0 Å². The Morgan fingerprint density at radius 3 is 1.38 bits per heavy atom. The van der Waals surface area contributed by atoms with E-state index in [2.05, 4.69) is 0 Å². The molecule has 98 valence electrons. The van der Waals surface area contributed by atoms with Crippen LogP contribution in [0.25, 0.3) is 0 Å². The summed E-state index contributed by atoms with van der Waals surface area (Å²) in [6.45, 7) is 4.92. The van der Waals surface area contributed by atoms with Crippen LogP contribution in [-0.2, 0) is 20.1 Å². The predicted octanol–water partition coefficient (Wildman–Crippen LogP) is 0.323. The second-order valence-corrected chi connectivity index (χ2v) is 9.45. The summed E-state index contributed by atoms with van der Waals surface area (Å²) in [5.41, 5.74) is 0. The molecule has 0 rings (SSSR count). The highest BCUT2D eigenvalue weighted by Crippen LogP contribution is 2.36. The van der Waals surface area contributed by atoms with Crippen molar-refractivity contribution in [3.63, 3.8) is 0 Å². The summed E-state index contributed by atoms with van der Waals surface area (Å²) in [5.74, 6) is 0. The molecule has 0 spiro atoms. The van der Waals surface area contributed by atoms with Gasteiger partial charge in [0.25, 0.3) is 10.1 Å². The van der Waals surface area contributed by atoms with Crippen molar-refractivity contribution < 1.29 is 21.4 Å². The van der Waals surface area contributed by atoms with Crippen LogP contribution < -0.4 is 0 Å². The van der Waals surface area contributed by atoms with Gasteiger partial charge in [0.1, 0.15) is 9.49 Å². The SMILES string of the molecule is CN(C)S(=O)(=O)C(C)(C)C(C)(C)S(=O)(=O)O. The van der Waals surface area contributed by atoms with E-state index < -0.39 is 29.6 Å². The van der Waals surface area contributed by atoms with E-state index in [0.717, 1.165) is 4.31 Å². The molecule has 0 saturated heterocycles. The number of nitrogens with zero attached hydrogens (tertiary/aromatic N) is 1. The molecule has 0 aromatic rings. The predicted molar refractivity (Wildman–Crippen MR) is 62.3 cm³/mol. The summed E-state index contributed by atoms with van der Waals surface area (Å²) < 4.78 is 53.1. The first-order valence-electron chi connectivity index (χ1n) is 4.58. The lowest BCUT2D eigenvalue weighted by atomic mass is 9.98. The van der Waals surface area contributed by atoms with Crippen molar-refractivity contribution in [3.05, 3.63) is 0 Å². The van der Waals surface area contributed by atoms with Crippen molar-refractivity contribution in [2.24, 2.45) is 0 Å². The van der Waals surface area contributed by atoms with E-state index in [1.54, 1.807) is 0 Å². The number of sulfonamides is 1. The largest absolute Gasteiger partial charge is 0.285 e. The third-order valence-corrected chi connectivity index (χ3v) is 7.91. The van der Waals surface area contributed by atoms with E-state index >= 15 is 0 Å². The molecule has 0 unspecified atom stereocenters. The lowest BCUT2D eigenvalue weighted by Crippen LogP contribution is -2.58. The Hall–Kier alpha value is -0.180. The molecule has 0 heterocycles. The van der Waals surface area contributed by atoms with Crippen LogP contribution in [0.15, 0.2) is 0 Å². The third-order valence-electron chi connectivity index (χ3n) is 3.22. The molecule has 8 heteroatoms. The third kappa shape index (κ3) is 2.11. The second-order valence-electron chi connectivity index (χ2n) is 4.78. The van der Waals surface area contributed by atoms with E-state index in [4.69, 9.17) is 4.55 Å². The first-order chi connectivity index (χ1) is 6.69. The molecule has 0 amide bonds. The van der Waals surface area contributed by atoms with Crippen LogP contribution in [0.4, 0.5) is 0 Å². The summed E-state index contributed by atoms with van der Waals surface area (Å²) in [5, 5.41) is 0. The molecule has 0 aliphatic heterocycles. The number of hydrogen-bond donors (Lipinski definition) is 1. The van der Waals surface area contributed by atoms with E-state index in [0.29, 0.717) is 0 Å². The fourth-order valence-electron chi connectivity index (χ4n) is 1.08. The van der Waals surface area contributed by atoms with Crippen molar-refractivity contribution in [2.75, 3.05) is 14.1 Å². The van der Waals surface area contributed by atoms with Gasteiger partial charge in [0.15, 0.2) is 0 Å². The quantitative estimate of drug-likeness (QED) is 0.745. The van der Waals surface area contributed by atoms with Gasteiger partial charge in [-0.2, -0.15) is 8.42 Å². The standard InChI is InChI=1S/C8H19NO5S2/c1-7(2,15(10,11)9(5)6)8(3,4)16(12,13)14/h1-6H3,(H,12,13,14). The lowest BCUT2D eigenvalue weighted by Gasteiger charge is -2.39. The van der Waals surface area contributed by atoms with Gasteiger partial charge in [-0.25, -0.2) is 12.7 Å². The topological polar surface area (TPSA) is 91.8 Å².